The summed E-state index contributed by atoms with van der Waals surface area (Å²) in [6.07, 6.45) is 5.44. The van der Waals surface area contributed by atoms with E-state index in [1.165, 1.54) is 24.3 Å². The zero-order valence-corrected chi connectivity index (χ0v) is 6.75. The van der Waals surface area contributed by atoms with E-state index < -0.39 is 0 Å². The van der Waals surface area contributed by atoms with E-state index in [0.29, 0.717) is 10.9 Å². The Morgan fingerprint density at radius 3 is 2.12 bits per heavy atom. The molecular weight excluding hydrogens is 116 g/mol. The van der Waals surface area contributed by atoms with E-state index >= 15 is 0 Å². The van der Waals surface area contributed by atoms with Crippen LogP contribution in [0.2, 0.25) is 0 Å². The van der Waals surface area contributed by atoms with Crippen molar-refractivity contribution in [2.75, 3.05) is 17.8 Å². The monoisotopic (exact) mass is 132 g/mol. The third kappa shape index (κ3) is 1.70. The molecular formula is C7H16S. The first-order valence-electron chi connectivity index (χ1n) is 3.47. The second-order valence-electron chi connectivity index (χ2n) is 2.99. The molecule has 0 aromatic carbocycles. The van der Waals surface area contributed by atoms with Gasteiger partial charge < -0.3 is 0 Å². The predicted octanol–water partition coefficient (Wildman–Crippen LogP) is 2.05. The van der Waals surface area contributed by atoms with E-state index in [4.69, 9.17) is 0 Å². The van der Waals surface area contributed by atoms with Gasteiger partial charge in [0.25, 0.3) is 0 Å². The smallest absolute Gasteiger partial charge is 0.0253 e. The largest absolute Gasteiger partial charge is 0.256 e. The van der Waals surface area contributed by atoms with Gasteiger partial charge in [0.15, 0.2) is 0 Å². The van der Waals surface area contributed by atoms with E-state index in [9.17, 15) is 0 Å². The highest BCUT2D eigenvalue weighted by Crippen LogP contribution is 2.31. The minimum atomic E-state index is 0.482. The molecule has 0 N–H and O–H groups in total. The average Bonchev–Trinajstić information content (AvgIpc) is 1.77. The summed E-state index contributed by atoms with van der Waals surface area (Å²) in [5.41, 5.74) is 0. The van der Waals surface area contributed by atoms with Crippen molar-refractivity contribution in [3.63, 3.8) is 0 Å². The minimum absolute atomic E-state index is 0.482. The molecule has 0 atom stereocenters. The maximum atomic E-state index is 2.43. The molecule has 0 unspecified atom stereocenters. The molecule has 0 aliphatic carbocycles. The van der Waals surface area contributed by atoms with E-state index in [-0.39, 0.29) is 0 Å². The summed E-state index contributed by atoms with van der Waals surface area (Å²) in [6.45, 7) is 2.38. The Kier molecular flexibility index (Phi) is 2.24. The van der Waals surface area contributed by atoms with Crippen molar-refractivity contribution in [1.29, 1.82) is 0 Å². The molecule has 1 heterocycles. The second kappa shape index (κ2) is 2.77. The third-order valence-electron chi connectivity index (χ3n) is 2.01. The highest BCUT2D eigenvalue weighted by molar-refractivity contribution is 8.16. The molecule has 0 amide bonds. The van der Waals surface area contributed by atoms with Gasteiger partial charge in [-0.05, 0) is 36.5 Å². The zero-order chi connectivity index (χ0) is 5.98. The number of thiol groups is 1. The Morgan fingerprint density at radius 2 is 1.75 bits per heavy atom. The summed E-state index contributed by atoms with van der Waals surface area (Å²) in [6, 6.07) is 0. The topological polar surface area (TPSA) is 0 Å². The van der Waals surface area contributed by atoms with E-state index in [2.05, 4.69) is 13.2 Å². The van der Waals surface area contributed by atoms with Crippen molar-refractivity contribution in [3.05, 3.63) is 0 Å². The van der Waals surface area contributed by atoms with Crippen LogP contribution in [-0.2, 0) is 0 Å². The lowest BCUT2D eigenvalue weighted by Gasteiger charge is -2.25. The van der Waals surface area contributed by atoms with Gasteiger partial charge in [0.05, 0.1) is 0 Å². The molecule has 1 rings (SSSR count). The zero-order valence-electron chi connectivity index (χ0n) is 5.85. The van der Waals surface area contributed by atoms with Gasteiger partial charge in [0.2, 0.25) is 0 Å². The van der Waals surface area contributed by atoms with Crippen LogP contribution >= 0.6 is 10.9 Å². The lowest BCUT2D eigenvalue weighted by molar-refractivity contribution is 0.539. The van der Waals surface area contributed by atoms with Crippen molar-refractivity contribution in [1.82, 2.24) is 0 Å². The van der Waals surface area contributed by atoms with Gasteiger partial charge in [-0.25, -0.2) is 0 Å². The minimum Gasteiger partial charge on any atom is -0.256 e. The standard InChI is InChI=1S/C7H16S/c1-7-3-5-8(2)6-4-7/h7-8H,3-6H2,1-2H3. The van der Waals surface area contributed by atoms with Crippen molar-refractivity contribution < 1.29 is 0 Å². The first-order valence-corrected chi connectivity index (χ1v) is 5.63. The van der Waals surface area contributed by atoms with Crippen molar-refractivity contribution in [2.24, 2.45) is 5.92 Å². The van der Waals surface area contributed by atoms with Crippen LogP contribution in [0.15, 0.2) is 0 Å². The third-order valence-corrected chi connectivity index (χ3v) is 4.05. The highest BCUT2D eigenvalue weighted by atomic mass is 32.2. The fraction of sp³-hybridized carbons (Fsp3) is 1.00. The van der Waals surface area contributed by atoms with Crippen LogP contribution in [0.25, 0.3) is 0 Å². The van der Waals surface area contributed by atoms with Gasteiger partial charge in [-0.1, -0.05) is 6.92 Å². The summed E-state index contributed by atoms with van der Waals surface area (Å²) in [7, 11) is 0.482. The average molecular weight is 132 g/mol. The molecule has 0 aromatic rings. The van der Waals surface area contributed by atoms with Gasteiger partial charge >= 0.3 is 0 Å². The first-order chi connectivity index (χ1) is 3.79. The molecule has 1 aliphatic rings. The summed E-state index contributed by atoms with van der Waals surface area (Å²) in [5.74, 6) is 4.11. The summed E-state index contributed by atoms with van der Waals surface area (Å²) < 4.78 is 0. The Balaban J connectivity index is 2.19. The molecule has 0 saturated carbocycles. The van der Waals surface area contributed by atoms with Gasteiger partial charge in [-0.2, -0.15) is 0 Å². The number of rotatable bonds is 0. The molecule has 0 spiro atoms. The van der Waals surface area contributed by atoms with Crippen LogP contribution in [0.3, 0.4) is 0 Å². The van der Waals surface area contributed by atoms with Crippen molar-refractivity contribution >= 4 is 10.9 Å². The van der Waals surface area contributed by atoms with Crippen molar-refractivity contribution in [2.45, 2.75) is 19.8 Å². The fourth-order valence-electron chi connectivity index (χ4n) is 1.14. The number of hydrogen-bond acceptors (Lipinski definition) is 0. The SMILES string of the molecule is CC1CC[SH](C)CC1. The van der Waals surface area contributed by atoms with Crippen LogP contribution in [0.4, 0.5) is 0 Å². The van der Waals surface area contributed by atoms with E-state index in [0.717, 1.165) is 5.92 Å². The van der Waals surface area contributed by atoms with Gasteiger partial charge in [-0.15, -0.1) is 0 Å². The lowest BCUT2D eigenvalue weighted by Crippen LogP contribution is -2.09. The molecule has 1 saturated heterocycles. The molecule has 1 fully saturated rings. The van der Waals surface area contributed by atoms with Gasteiger partial charge in [0, 0.05) is 0 Å². The molecule has 8 heavy (non-hydrogen) atoms. The number of hydrogen-bond donors (Lipinski definition) is 1. The van der Waals surface area contributed by atoms with Gasteiger partial charge in [-0.3, -0.25) is 10.9 Å². The molecule has 0 nitrogen and oxygen atoms in total. The maximum Gasteiger partial charge on any atom is -0.0253 e. The van der Waals surface area contributed by atoms with Crippen LogP contribution < -0.4 is 0 Å². The van der Waals surface area contributed by atoms with Gasteiger partial charge in [0.1, 0.15) is 0 Å². The maximum absolute atomic E-state index is 2.43. The molecule has 0 bridgehead atoms. The summed E-state index contributed by atoms with van der Waals surface area (Å²) in [4.78, 5) is 0. The van der Waals surface area contributed by atoms with Crippen LogP contribution in [0, 0.1) is 5.92 Å². The van der Waals surface area contributed by atoms with E-state index in [1.807, 2.05) is 0 Å². The summed E-state index contributed by atoms with van der Waals surface area (Å²) >= 11 is 0. The second-order valence-corrected chi connectivity index (χ2v) is 5.59. The normalized spacial score (nSPS) is 44.2. The molecule has 0 radical (unpaired) electrons. The van der Waals surface area contributed by atoms with Crippen LogP contribution in [0.5, 0.6) is 0 Å². The van der Waals surface area contributed by atoms with E-state index in [1.54, 1.807) is 0 Å². The molecule has 0 aromatic heterocycles. The summed E-state index contributed by atoms with van der Waals surface area (Å²) in [5, 5.41) is 0. The van der Waals surface area contributed by atoms with Crippen molar-refractivity contribution in [3.8, 4) is 0 Å². The lowest BCUT2D eigenvalue weighted by atomic mass is 10.1. The Hall–Kier alpha value is 0.350. The molecule has 1 aliphatic heterocycles. The Bertz CT molecular complexity index is 52.8. The Morgan fingerprint density at radius 1 is 1.25 bits per heavy atom. The Labute approximate surface area is 55.0 Å². The fourth-order valence-corrected chi connectivity index (χ4v) is 3.12. The quantitative estimate of drug-likeness (QED) is 0.479. The highest BCUT2D eigenvalue weighted by Gasteiger charge is 2.10. The van der Waals surface area contributed by atoms with Crippen LogP contribution in [-0.4, -0.2) is 17.8 Å². The predicted molar refractivity (Wildman–Crippen MR) is 43.0 cm³/mol. The van der Waals surface area contributed by atoms with Crippen LogP contribution in [0.1, 0.15) is 19.8 Å². The first kappa shape index (κ1) is 6.47. The molecule has 50 valence electrons. The molecule has 1 heteroatoms.